The number of rotatable bonds is 2. The molecule has 1 aromatic heterocycles. The van der Waals surface area contributed by atoms with Crippen LogP contribution < -0.4 is 0 Å². The van der Waals surface area contributed by atoms with E-state index in [1.54, 1.807) is 24.5 Å². The highest BCUT2D eigenvalue weighted by Crippen LogP contribution is 2.32. The highest BCUT2D eigenvalue weighted by atomic mass is 79.9. The standard InChI is InChI=1S/C15H10BrClN2/c1-10-8-12(16)2-3-13(10)15(17)14(9-18)11-4-6-19-7-5-11/h2-8H,1H3/b15-14+. The van der Waals surface area contributed by atoms with E-state index in [9.17, 15) is 5.26 Å². The summed E-state index contributed by atoms with van der Waals surface area (Å²) < 4.78 is 0.987. The number of aryl methyl sites for hydroxylation is 1. The molecule has 0 fully saturated rings. The van der Waals surface area contributed by atoms with Gasteiger partial charge in [0.15, 0.2) is 0 Å². The first-order valence-corrected chi connectivity index (χ1v) is 6.77. The first kappa shape index (κ1) is 13.8. The van der Waals surface area contributed by atoms with E-state index in [0.29, 0.717) is 10.6 Å². The van der Waals surface area contributed by atoms with Crippen molar-refractivity contribution in [3.05, 3.63) is 63.9 Å². The maximum atomic E-state index is 9.33. The van der Waals surface area contributed by atoms with E-state index >= 15 is 0 Å². The Bertz CT molecular complexity index is 672. The van der Waals surface area contributed by atoms with Gasteiger partial charge in [0.1, 0.15) is 6.07 Å². The van der Waals surface area contributed by atoms with Crippen LogP contribution in [-0.2, 0) is 0 Å². The molecule has 2 aromatic rings. The second-order valence-electron chi connectivity index (χ2n) is 4.00. The molecule has 1 aromatic carbocycles. The van der Waals surface area contributed by atoms with Crippen LogP contribution in [0.25, 0.3) is 10.6 Å². The molecule has 0 amide bonds. The molecule has 1 heterocycles. The van der Waals surface area contributed by atoms with Gasteiger partial charge >= 0.3 is 0 Å². The van der Waals surface area contributed by atoms with Crippen molar-refractivity contribution in [2.75, 3.05) is 0 Å². The zero-order chi connectivity index (χ0) is 13.8. The number of halogens is 2. The van der Waals surface area contributed by atoms with Crippen molar-refractivity contribution in [2.45, 2.75) is 6.92 Å². The van der Waals surface area contributed by atoms with Crippen LogP contribution >= 0.6 is 27.5 Å². The fraction of sp³-hybridized carbons (Fsp3) is 0.0667. The summed E-state index contributed by atoms with van der Waals surface area (Å²) in [6.07, 6.45) is 3.29. The van der Waals surface area contributed by atoms with Gasteiger partial charge in [0, 0.05) is 16.9 Å². The minimum atomic E-state index is 0.453. The number of nitrogens with zero attached hydrogens (tertiary/aromatic N) is 2. The van der Waals surface area contributed by atoms with E-state index in [1.807, 2.05) is 25.1 Å². The van der Waals surface area contributed by atoms with Crippen LogP contribution in [-0.4, -0.2) is 4.98 Å². The van der Waals surface area contributed by atoms with Crippen molar-refractivity contribution in [3.63, 3.8) is 0 Å². The number of hydrogen-bond donors (Lipinski definition) is 0. The number of aromatic nitrogens is 1. The van der Waals surface area contributed by atoms with Gasteiger partial charge in [-0.25, -0.2) is 0 Å². The lowest BCUT2D eigenvalue weighted by Gasteiger charge is -2.08. The first-order chi connectivity index (χ1) is 9.13. The summed E-state index contributed by atoms with van der Waals surface area (Å²) in [5, 5.41) is 9.79. The summed E-state index contributed by atoms with van der Waals surface area (Å²) >= 11 is 9.80. The molecule has 0 bridgehead atoms. The summed E-state index contributed by atoms with van der Waals surface area (Å²) in [7, 11) is 0. The van der Waals surface area contributed by atoms with Crippen LogP contribution in [0.5, 0.6) is 0 Å². The number of allylic oxidation sites excluding steroid dienone is 1. The van der Waals surface area contributed by atoms with Crippen molar-refractivity contribution in [3.8, 4) is 6.07 Å². The molecular formula is C15H10BrClN2. The van der Waals surface area contributed by atoms with Crippen molar-refractivity contribution in [1.82, 2.24) is 4.98 Å². The molecule has 0 aliphatic carbocycles. The van der Waals surface area contributed by atoms with Crippen molar-refractivity contribution < 1.29 is 0 Å². The number of hydrogen-bond acceptors (Lipinski definition) is 2. The normalized spacial score (nSPS) is 11.7. The Morgan fingerprint density at radius 2 is 1.95 bits per heavy atom. The minimum absolute atomic E-state index is 0.453. The third-order valence-corrected chi connectivity index (χ3v) is 3.61. The lowest BCUT2D eigenvalue weighted by molar-refractivity contribution is 1.32. The van der Waals surface area contributed by atoms with E-state index < -0.39 is 0 Å². The maximum Gasteiger partial charge on any atom is 0.101 e. The van der Waals surface area contributed by atoms with Gasteiger partial charge in [-0.05, 0) is 47.9 Å². The fourth-order valence-electron chi connectivity index (χ4n) is 1.77. The van der Waals surface area contributed by atoms with E-state index in [-0.39, 0.29) is 0 Å². The largest absolute Gasteiger partial charge is 0.265 e. The molecule has 0 unspecified atom stereocenters. The van der Waals surface area contributed by atoms with E-state index in [1.165, 1.54) is 0 Å². The lowest BCUT2D eigenvalue weighted by atomic mass is 10.0. The van der Waals surface area contributed by atoms with Gasteiger partial charge in [-0.15, -0.1) is 0 Å². The maximum absolute atomic E-state index is 9.33. The molecular weight excluding hydrogens is 324 g/mol. The van der Waals surface area contributed by atoms with Gasteiger partial charge in [-0.2, -0.15) is 5.26 Å². The van der Waals surface area contributed by atoms with Crippen molar-refractivity contribution in [2.24, 2.45) is 0 Å². The Labute approximate surface area is 125 Å². The topological polar surface area (TPSA) is 36.7 Å². The van der Waals surface area contributed by atoms with Crippen molar-refractivity contribution >= 4 is 38.1 Å². The molecule has 0 saturated heterocycles. The fourth-order valence-corrected chi connectivity index (χ4v) is 2.61. The third-order valence-electron chi connectivity index (χ3n) is 2.73. The van der Waals surface area contributed by atoms with Gasteiger partial charge in [-0.3, -0.25) is 4.98 Å². The summed E-state index contributed by atoms with van der Waals surface area (Å²) in [4.78, 5) is 3.94. The molecule has 0 aliphatic heterocycles. The van der Waals surface area contributed by atoms with Gasteiger partial charge in [0.05, 0.1) is 10.6 Å². The summed E-state index contributed by atoms with van der Waals surface area (Å²) in [6.45, 7) is 1.96. The first-order valence-electron chi connectivity index (χ1n) is 5.60. The number of pyridine rings is 1. The molecule has 0 saturated carbocycles. The molecule has 94 valence electrons. The van der Waals surface area contributed by atoms with Crippen LogP contribution in [0.4, 0.5) is 0 Å². The Hall–Kier alpha value is -1.63. The van der Waals surface area contributed by atoms with Gasteiger partial charge < -0.3 is 0 Å². The smallest absolute Gasteiger partial charge is 0.101 e. The zero-order valence-electron chi connectivity index (χ0n) is 10.2. The lowest BCUT2D eigenvalue weighted by Crippen LogP contribution is -1.89. The van der Waals surface area contributed by atoms with Crippen LogP contribution in [0.3, 0.4) is 0 Å². The quantitative estimate of drug-likeness (QED) is 0.741. The molecule has 0 aliphatic rings. The van der Waals surface area contributed by atoms with E-state index in [4.69, 9.17) is 11.6 Å². The van der Waals surface area contributed by atoms with Crippen LogP contribution in [0.2, 0.25) is 0 Å². The second kappa shape index (κ2) is 6.01. The highest BCUT2D eigenvalue weighted by Gasteiger charge is 2.11. The molecule has 0 radical (unpaired) electrons. The SMILES string of the molecule is Cc1cc(Br)ccc1/C(Cl)=C(/C#N)c1ccncc1. The highest BCUT2D eigenvalue weighted by molar-refractivity contribution is 9.10. The molecule has 2 rings (SSSR count). The Balaban J connectivity index is 2.59. The number of nitriles is 1. The Kier molecular flexibility index (Phi) is 4.36. The van der Waals surface area contributed by atoms with Gasteiger partial charge in [0.25, 0.3) is 0 Å². The Morgan fingerprint density at radius 1 is 1.26 bits per heavy atom. The minimum Gasteiger partial charge on any atom is -0.265 e. The monoisotopic (exact) mass is 332 g/mol. The number of benzene rings is 1. The van der Waals surface area contributed by atoms with Gasteiger partial charge in [-0.1, -0.05) is 33.6 Å². The third kappa shape index (κ3) is 3.04. The summed E-state index contributed by atoms with van der Waals surface area (Å²) in [5.74, 6) is 0. The van der Waals surface area contributed by atoms with Crippen LogP contribution in [0.1, 0.15) is 16.7 Å². The molecule has 0 atom stereocenters. The average molecular weight is 334 g/mol. The average Bonchev–Trinajstić information content (AvgIpc) is 2.40. The van der Waals surface area contributed by atoms with E-state index in [0.717, 1.165) is 21.2 Å². The zero-order valence-corrected chi connectivity index (χ0v) is 12.5. The second-order valence-corrected chi connectivity index (χ2v) is 5.29. The van der Waals surface area contributed by atoms with E-state index in [2.05, 4.69) is 27.0 Å². The predicted molar refractivity (Wildman–Crippen MR) is 81.4 cm³/mol. The van der Waals surface area contributed by atoms with Crippen molar-refractivity contribution in [1.29, 1.82) is 5.26 Å². The van der Waals surface area contributed by atoms with Crippen LogP contribution in [0, 0.1) is 18.3 Å². The summed E-state index contributed by atoms with van der Waals surface area (Å²) in [6, 6.07) is 11.5. The van der Waals surface area contributed by atoms with Crippen LogP contribution in [0.15, 0.2) is 47.2 Å². The van der Waals surface area contributed by atoms with Gasteiger partial charge in [0.2, 0.25) is 0 Å². The summed E-state index contributed by atoms with van der Waals surface area (Å²) in [5.41, 5.74) is 3.10. The molecule has 0 N–H and O–H groups in total. The molecule has 0 spiro atoms. The molecule has 4 heteroatoms. The Morgan fingerprint density at radius 3 is 2.53 bits per heavy atom. The molecule has 2 nitrogen and oxygen atoms in total. The molecule has 19 heavy (non-hydrogen) atoms. The predicted octanol–water partition coefficient (Wildman–Crippen LogP) is 4.78.